The zero-order chi connectivity index (χ0) is 17.8. The molecule has 1 aromatic carbocycles. The van der Waals surface area contributed by atoms with E-state index in [0.717, 1.165) is 41.4 Å². The first-order valence-corrected chi connectivity index (χ1v) is 9.62. The summed E-state index contributed by atoms with van der Waals surface area (Å²) in [5.41, 5.74) is 2.76. The van der Waals surface area contributed by atoms with E-state index >= 15 is 0 Å². The average Bonchev–Trinajstić information content (AvgIpc) is 2.61. The summed E-state index contributed by atoms with van der Waals surface area (Å²) < 4.78 is 1.14. The number of halogens is 1. The molecule has 1 aliphatic heterocycles. The number of aromatic nitrogens is 2. The van der Waals surface area contributed by atoms with Gasteiger partial charge in [-0.3, -0.25) is 0 Å². The average molecular weight is 405 g/mol. The van der Waals surface area contributed by atoms with Crippen LogP contribution in [-0.4, -0.2) is 34.8 Å². The van der Waals surface area contributed by atoms with Crippen LogP contribution in [0.25, 0.3) is 0 Å². The van der Waals surface area contributed by atoms with Gasteiger partial charge >= 0.3 is 0 Å². The van der Waals surface area contributed by atoms with Crippen LogP contribution in [-0.2, 0) is 13.0 Å². The minimum atomic E-state index is 0.181. The van der Waals surface area contributed by atoms with Crippen molar-refractivity contribution in [1.29, 1.82) is 0 Å². The SMILES string of the molecule is CC(C)c1nc(NCCCO)cc(N2CCc3cc(Br)ccc3C2)n1. The fourth-order valence-corrected chi connectivity index (χ4v) is 3.38. The molecule has 3 rings (SSSR count). The maximum Gasteiger partial charge on any atom is 0.135 e. The number of rotatable bonds is 6. The van der Waals surface area contributed by atoms with Crippen LogP contribution >= 0.6 is 15.9 Å². The predicted octanol–water partition coefficient (Wildman–Crippen LogP) is 3.72. The number of nitrogens with one attached hydrogen (secondary N) is 1. The molecule has 2 N–H and O–H groups in total. The van der Waals surface area contributed by atoms with Gasteiger partial charge in [-0.1, -0.05) is 35.8 Å². The van der Waals surface area contributed by atoms with Crippen LogP contribution in [0.2, 0.25) is 0 Å². The van der Waals surface area contributed by atoms with E-state index in [9.17, 15) is 0 Å². The summed E-state index contributed by atoms with van der Waals surface area (Å²) in [6, 6.07) is 8.53. The third-order valence-electron chi connectivity index (χ3n) is 4.39. The van der Waals surface area contributed by atoms with Gasteiger partial charge in [-0.05, 0) is 36.1 Å². The third-order valence-corrected chi connectivity index (χ3v) is 4.89. The minimum Gasteiger partial charge on any atom is -0.396 e. The summed E-state index contributed by atoms with van der Waals surface area (Å²) in [5.74, 6) is 2.93. The molecular formula is C19H25BrN4O. The zero-order valence-electron chi connectivity index (χ0n) is 14.8. The first-order chi connectivity index (χ1) is 12.1. The number of aliphatic hydroxyl groups is 1. The molecule has 1 aliphatic rings. The van der Waals surface area contributed by atoms with Crippen molar-refractivity contribution >= 4 is 27.6 Å². The highest BCUT2D eigenvalue weighted by Gasteiger charge is 2.19. The van der Waals surface area contributed by atoms with Gasteiger partial charge in [0.15, 0.2) is 0 Å². The fourth-order valence-electron chi connectivity index (χ4n) is 2.98. The number of hydrogen-bond donors (Lipinski definition) is 2. The van der Waals surface area contributed by atoms with Crippen LogP contribution in [0.5, 0.6) is 0 Å². The van der Waals surface area contributed by atoms with Gasteiger partial charge < -0.3 is 15.3 Å². The Labute approximate surface area is 157 Å². The molecule has 0 radical (unpaired) electrons. The maximum atomic E-state index is 8.97. The zero-order valence-corrected chi connectivity index (χ0v) is 16.4. The smallest absolute Gasteiger partial charge is 0.135 e. The Morgan fingerprint density at radius 1 is 1.24 bits per heavy atom. The normalized spacial score (nSPS) is 13.9. The number of nitrogens with zero attached hydrogens (tertiary/aromatic N) is 3. The second-order valence-electron chi connectivity index (χ2n) is 6.71. The predicted molar refractivity (Wildman–Crippen MR) is 105 cm³/mol. The lowest BCUT2D eigenvalue weighted by Crippen LogP contribution is -2.31. The lowest BCUT2D eigenvalue weighted by molar-refractivity contribution is 0.292. The van der Waals surface area contributed by atoms with Crippen molar-refractivity contribution < 1.29 is 5.11 Å². The molecule has 0 bridgehead atoms. The number of anilines is 2. The third kappa shape index (κ3) is 4.50. The van der Waals surface area contributed by atoms with E-state index in [1.54, 1.807) is 0 Å². The molecule has 0 fully saturated rings. The first-order valence-electron chi connectivity index (χ1n) is 8.83. The highest BCUT2D eigenvalue weighted by molar-refractivity contribution is 9.10. The molecule has 0 spiro atoms. The van der Waals surface area contributed by atoms with E-state index in [4.69, 9.17) is 10.1 Å². The van der Waals surface area contributed by atoms with Crippen LogP contribution < -0.4 is 10.2 Å². The summed E-state index contributed by atoms with van der Waals surface area (Å²) in [6.07, 6.45) is 1.73. The van der Waals surface area contributed by atoms with Gasteiger partial charge in [-0.25, -0.2) is 9.97 Å². The van der Waals surface area contributed by atoms with Crippen molar-refractivity contribution in [3.05, 3.63) is 45.7 Å². The van der Waals surface area contributed by atoms with E-state index in [0.29, 0.717) is 13.0 Å². The van der Waals surface area contributed by atoms with Gasteiger partial charge in [0.25, 0.3) is 0 Å². The molecule has 0 unspecified atom stereocenters. The summed E-state index contributed by atoms with van der Waals surface area (Å²) >= 11 is 3.56. The van der Waals surface area contributed by atoms with Gasteiger partial charge in [0, 0.05) is 42.7 Å². The van der Waals surface area contributed by atoms with Crippen molar-refractivity contribution in [2.75, 3.05) is 29.9 Å². The van der Waals surface area contributed by atoms with Crippen LogP contribution in [0.1, 0.15) is 43.1 Å². The van der Waals surface area contributed by atoms with E-state index in [-0.39, 0.29) is 12.5 Å². The molecule has 2 aromatic rings. The van der Waals surface area contributed by atoms with E-state index < -0.39 is 0 Å². The van der Waals surface area contributed by atoms with Gasteiger partial charge in [0.05, 0.1) is 0 Å². The Balaban J connectivity index is 1.84. The van der Waals surface area contributed by atoms with Gasteiger partial charge in [0.1, 0.15) is 17.5 Å². The maximum absolute atomic E-state index is 8.97. The van der Waals surface area contributed by atoms with Crippen molar-refractivity contribution in [2.24, 2.45) is 0 Å². The molecule has 0 aliphatic carbocycles. The Bertz CT molecular complexity index is 735. The highest BCUT2D eigenvalue weighted by atomic mass is 79.9. The molecule has 0 amide bonds. The molecule has 0 saturated heterocycles. The van der Waals surface area contributed by atoms with Gasteiger partial charge in [-0.15, -0.1) is 0 Å². The van der Waals surface area contributed by atoms with Gasteiger partial charge in [0.2, 0.25) is 0 Å². The van der Waals surface area contributed by atoms with Crippen molar-refractivity contribution in [2.45, 2.75) is 39.2 Å². The molecule has 0 saturated carbocycles. The summed E-state index contributed by atoms with van der Waals surface area (Å²) in [5, 5.41) is 12.3. The van der Waals surface area contributed by atoms with Crippen LogP contribution in [0.3, 0.4) is 0 Å². The highest BCUT2D eigenvalue weighted by Crippen LogP contribution is 2.27. The van der Waals surface area contributed by atoms with E-state index in [1.165, 1.54) is 11.1 Å². The molecule has 6 heteroatoms. The molecule has 5 nitrogen and oxygen atoms in total. The Hall–Kier alpha value is -1.66. The van der Waals surface area contributed by atoms with Crippen molar-refractivity contribution in [3.63, 3.8) is 0 Å². The lowest BCUT2D eigenvalue weighted by atomic mass is 10.00. The van der Waals surface area contributed by atoms with E-state index in [2.05, 4.69) is 63.2 Å². The molecule has 0 atom stereocenters. The van der Waals surface area contributed by atoms with Crippen molar-refractivity contribution in [3.8, 4) is 0 Å². The van der Waals surface area contributed by atoms with E-state index in [1.807, 2.05) is 6.07 Å². The number of aliphatic hydroxyl groups excluding tert-OH is 1. The fraction of sp³-hybridized carbons (Fsp3) is 0.474. The Morgan fingerprint density at radius 2 is 2.08 bits per heavy atom. The summed E-state index contributed by atoms with van der Waals surface area (Å²) in [4.78, 5) is 11.7. The van der Waals surface area contributed by atoms with Crippen LogP contribution in [0.15, 0.2) is 28.7 Å². The largest absolute Gasteiger partial charge is 0.396 e. The molecule has 1 aromatic heterocycles. The summed E-state index contributed by atoms with van der Waals surface area (Å²) in [7, 11) is 0. The Morgan fingerprint density at radius 3 is 2.84 bits per heavy atom. The second kappa shape index (κ2) is 8.15. The quantitative estimate of drug-likeness (QED) is 0.718. The lowest BCUT2D eigenvalue weighted by Gasteiger charge is -2.30. The number of hydrogen-bond acceptors (Lipinski definition) is 5. The molecule has 25 heavy (non-hydrogen) atoms. The molecule has 2 heterocycles. The van der Waals surface area contributed by atoms with Crippen molar-refractivity contribution in [1.82, 2.24) is 9.97 Å². The first kappa shape index (κ1) is 18.1. The second-order valence-corrected chi connectivity index (χ2v) is 7.63. The molecular weight excluding hydrogens is 380 g/mol. The topological polar surface area (TPSA) is 61.3 Å². The standard InChI is InChI=1S/C19H25BrN4O/c1-13(2)19-22-17(21-7-3-9-25)11-18(23-19)24-8-6-14-10-16(20)5-4-15(14)12-24/h4-5,10-11,13,25H,3,6-9,12H2,1-2H3,(H,21,22,23). The molecule has 134 valence electrons. The number of benzene rings is 1. The number of fused-ring (bicyclic) bond motifs is 1. The van der Waals surface area contributed by atoms with Crippen LogP contribution in [0.4, 0.5) is 11.6 Å². The monoisotopic (exact) mass is 404 g/mol. The Kier molecular flexibility index (Phi) is 5.91. The van der Waals surface area contributed by atoms with Gasteiger partial charge in [-0.2, -0.15) is 0 Å². The minimum absolute atomic E-state index is 0.181. The summed E-state index contributed by atoms with van der Waals surface area (Å²) in [6.45, 7) is 6.93. The van der Waals surface area contributed by atoms with Crippen LogP contribution in [0, 0.1) is 0 Å².